The van der Waals surface area contributed by atoms with E-state index >= 15 is 0 Å². The zero-order valence-electron chi connectivity index (χ0n) is 13.1. The van der Waals surface area contributed by atoms with Crippen LogP contribution in [0.1, 0.15) is 40.4 Å². The van der Waals surface area contributed by atoms with Crippen molar-refractivity contribution < 1.29 is 9.53 Å². The van der Waals surface area contributed by atoms with E-state index in [1.54, 1.807) is 0 Å². The van der Waals surface area contributed by atoms with Crippen molar-refractivity contribution in [3.8, 4) is 12.3 Å². The summed E-state index contributed by atoms with van der Waals surface area (Å²) in [5, 5.41) is 0. The van der Waals surface area contributed by atoms with E-state index in [1.165, 1.54) is 0 Å². The summed E-state index contributed by atoms with van der Waals surface area (Å²) < 4.78 is 6.28. The fourth-order valence-electron chi connectivity index (χ4n) is 3.14. The van der Waals surface area contributed by atoms with Crippen LogP contribution in [-0.2, 0) is 10.3 Å². The Labute approximate surface area is 136 Å². The van der Waals surface area contributed by atoms with Crippen LogP contribution in [0.5, 0.6) is 0 Å². The van der Waals surface area contributed by atoms with Crippen molar-refractivity contribution in [3.05, 3.63) is 82.9 Å². The van der Waals surface area contributed by atoms with Gasteiger partial charge in [0.25, 0.3) is 0 Å². The summed E-state index contributed by atoms with van der Waals surface area (Å²) >= 11 is 0. The molecule has 0 aliphatic heterocycles. The zero-order valence-corrected chi connectivity index (χ0v) is 13.1. The van der Waals surface area contributed by atoms with Gasteiger partial charge in [0.2, 0.25) is 0 Å². The first-order chi connectivity index (χ1) is 11.1. The molecule has 114 valence electrons. The highest BCUT2D eigenvalue weighted by molar-refractivity contribution is 6.13. The summed E-state index contributed by atoms with van der Waals surface area (Å²) in [6.45, 7) is 6.21. The standard InChI is InChI=1S/C21H18O2/c1-4-13-21(23-14-15(2)3)18-11-7-5-9-16(18)20(22)17-10-6-8-12-19(17)21/h1,5-12H,2,13-14H2,3H3. The maximum atomic E-state index is 12.8. The number of rotatable bonds is 4. The first-order valence-electron chi connectivity index (χ1n) is 7.55. The minimum atomic E-state index is -0.811. The highest BCUT2D eigenvalue weighted by atomic mass is 16.5. The van der Waals surface area contributed by atoms with Gasteiger partial charge in [0.05, 0.1) is 6.61 Å². The second-order valence-corrected chi connectivity index (χ2v) is 5.87. The lowest BCUT2D eigenvalue weighted by atomic mass is 9.72. The molecule has 0 aromatic heterocycles. The average Bonchev–Trinajstić information content (AvgIpc) is 2.57. The Bertz CT molecular complexity index is 774. The van der Waals surface area contributed by atoms with Crippen LogP contribution < -0.4 is 0 Å². The van der Waals surface area contributed by atoms with Crippen molar-refractivity contribution in [2.45, 2.75) is 18.9 Å². The molecule has 0 fully saturated rings. The number of ether oxygens (including phenoxy) is 1. The molecule has 3 rings (SSSR count). The van der Waals surface area contributed by atoms with Gasteiger partial charge in [0, 0.05) is 28.7 Å². The summed E-state index contributed by atoms with van der Waals surface area (Å²) in [5.41, 5.74) is 3.08. The van der Waals surface area contributed by atoms with Gasteiger partial charge >= 0.3 is 0 Å². The van der Waals surface area contributed by atoms with Gasteiger partial charge in [-0.25, -0.2) is 0 Å². The van der Waals surface area contributed by atoms with Crippen LogP contribution in [0, 0.1) is 12.3 Å². The summed E-state index contributed by atoms with van der Waals surface area (Å²) in [7, 11) is 0. The fourth-order valence-corrected chi connectivity index (χ4v) is 3.14. The smallest absolute Gasteiger partial charge is 0.193 e. The Balaban J connectivity index is 2.29. The molecule has 0 spiro atoms. The molecule has 0 saturated heterocycles. The van der Waals surface area contributed by atoms with Crippen molar-refractivity contribution in [2.75, 3.05) is 6.61 Å². The van der Waals surface area contributed by atoms with E-state index in [9.17, 15) is 4.79 Å². The Morgan fingerprint density at radius 1 is 1.13 bits per heavy atom. The summed E-state index contributed by atoms with van der Waals surface area (Å²) in [4.78, 5) is 12.8. The van der Waals surface area contributed by atoms with Crippen LogP contribution >= 0.6 is 0 Å². The van der Waals surface area contributed by atoms with Crippen LogP contribution in [0.25, 0.3) is 0 Å². The highest BCUT2D eigenvalue weighted by Crippen LogP contribution is 2.44. The van der Waals surface area contributed by atoms with Crippen molar-refractivity contribution >= 4 is 5.78 Å². The third-order valence-corrected chi connectivity index (χ3v) is 4.13. The molecule has 1 aliphatic carbocycles. The minimum Gasteiger partial charge on any atom is -0.360 e. The molecule has 0 bridgehead atoms. The number of benzene rings is 2. The Morgan fingerprint density at radius 2 is 1.65 bits per heavy atom. The molecule has 1 aliphatic rings. The summed E-state index contributed by atoms with van der Waals surface area (Å²) in [6.07, 6.45) is 6.03. The van der Waals surface area contributed by atoms with E-state index in [1.807, 2.05) is 55.5 Å². The Kier molecular flexibility index (Phi) is 3.90. The molecule has 2 aromatic rings. The first kappa shape index (κ1) is 15.3. The number of ketones is 1. The van der Waals surface area contributed by atoms with E-state index < -0.39 is 5.60 Å². The van der Waals surface area contributed by atoms with Gasteiger partial charge in [-0.1, -0.05) is 60.7 Å². The molecule has 0 amide bonds. The van der Waals surface area contributed by atoms with Crippen molar-refractivity contribution in [1.82, 2.24) is 0 Å². The number of hydrogen-bond donors (Lipinski definition) is 0. The lowest BCUT2D eigenvalue weighted by Gasteiger charge is -2.39. The molecule has 0 N–H and O–H groups in total. The van der Waals surface area contributed by atoms with Gasteiger partial charge in [-0.05, 0) is 6.92 Å². The van der Waals surface area contributed by atoms with Crippen LogP contribution in [0.3, 0.4) is 0 Å². The van der Waals surface area contributed by atoms with E-state index in [0.29, 0.717) is 24.2 Å². The molecule has 0 radical (unpaired) electrons. The van der Waals surface area contributed by atoms with Gasteiger partial charge in [-0.3, -0.25) is 4.79 Å². The topological polar surface area (TPSA) is 26.3 Å². The normalized spacial score (nSPS) is 14.5. The van der Waals surface area contributed by atoms with Crippen LogP contribution in [-0.4, -0.2) is 12.4 Å². The van der Waals surface area contributed by atoms with E-state index in [-0.39, 0.29) is 5.78 Å². The first-order valence-corrected chi connectivity index (χ1v) is 7.55. The molecule has 2 heteroatoms. The average molecular weight is 302 g/mol. The number of fused-ring (bicyclic) bond motifs is 2. The van der Waals surface area contributed by atoms with Gasteiger partial charge in [0.1, 0.15) is 5.60 Å². The molecule has 23 heavy (non-hydrogen) atoms. The lowest BCUT2D eigenvalue weighted by Crippen LogP contribution is -2.38. The summed E-state index contributed by atoms with van der Waals surface area (Å²) in [5.74, 6) is 2.75. The van der Waals surface area contributed by atoms with Crippen LogP contribution in [0.15, 0.2) is 60.7 Å². The van der Waals surface area contributed by atoms with Gasteiger partial charge in [-0.15, -0.1) is 12.3 Å². The van der Waals surface area contributed by atoms with E-state index in [2.05, 4.69) is 12.5 Å². The molecule has 0 heterocycles. The largest absolute Gasteiger partial charge is 0.360 e. The molecule has 0 unspecified atom stereocenters. The molecule has 0 saturated carbocycles. The van der Waals surface area contributed by atoms with Crippen LogP contribution in [0.4, 0.5) is 0 Å². The second-order valence-electron chi connectivity index (χ2n) is 5.87. The molecule has 2 nitrogen and oxygen atoms in total. The fraction of sp³-hybridized carbons (Fsp3) is 0.190. The van der Waals surface area contributed by atoms with Gasteiger partial charge < -0.3 is 4.74 Å². The highest BCUT2D eigenvalue weighted by Gasteiger charge is 2.43. The quantitative estimate of drug-likeness (QED) is 0.628. The lowest BCUT2D eigenvalue weighted by molar-refractivity contribution is -0.00374. The second kappa shape index (κ2) is 5.87. The van der Waals surface area contributed by atoms with Crippen molar-refractivity contribution in [2.24, 2.45) is 0 Å². The number of terminal acetylenes is 1. The predicted octanol–water partition coefficient (Wildman–Crippen LogP) is 4.09. The molecular weight excluding hydrogens is 284 g/mol. The SMILES string of the molecule is C#CCC1(OCC(=C)C)c2ccccc2C(=O)c2ccccc21. The van der Waals surface area contributed by atoms with E-state index in [4.69, 9.17) is 11.2 Å². The third kappa shape index (κ3) is 2.40. The van der Waals surface area contributed by atoms with Crippen LogP contribution in [0.2, 0.25) is 0 Å². The summed E-state index contributed by atoms with van der Waals surface area (Å²) in [6, 6.07) is 15.1. The predicted molar refractivity (Wildman–Crippen MR) is 91.3 cm³/mol. The minimum absolute atomic E-state index is 0.0165. The van der Waals surface area contributed by atoms with Crippen molar-refractivity contribution in [3.63, 3.8) is 0 Å². The van der Waals surface area contributed by atoms with E-state index in [0.717, 1.165) is 16.7 Å². The molecule has 0 atom stereocenters. The number of carbonyl (C=O) groups excluding carboxylic acids is 1. The monoisotopic (exact) mass is 302 g/mol. The number of hydrogen-bond acceptors (Lipinski definition) is 2. The van der Waals surface area contributed by atoms with Crippen molar-refractivity contribution in [1.29, 1.82) is 0 Å². The zero-order chi connectivity index (χ0) is 16.4. The maximum Gasteiger partial charge on any atom is 0.193 e. The Hall–Kier alpha value is -2.63. The Morgan fingerprint density at radius 3 is 2.13 bits per heavy atom. The number of carbonyl (C=O) groups is 1. The molecular formula is C21H18O2. The van der Waals surface area contributed by atoms with Gasteiger partial charge in [0.15, 0.2) is 5.78 Å². The maximum absolute atomic E-state index is 12.8. The van der Waals surface area contributed by atoms with Gasteiger partial charge in [-0.2, -0.15) is 0 Å². The molecule has 2 aromatic carbocycles. The third-order valence-electron chi connectivity index (χ3n) is 4.13.